The standard InChI is InChI=1S/C15H17NO3/c17-11-12-7-3-1-2-6-10-19-14-9-5-4-8-13(14)15(18)16-12/h1,3-5,8-9,11-12H,2,6-7,10H2,(H,16,18)/b3-1-/t12-/m0/s1. The lowest BCUT2D eigenvalue weighted by Gasteiger charge is -2.15. The minimum Gasteiger partial charge on any atom is -0.493 e. The summed E-state index contributed by atoms with van der Waals surface area (Å²) in [4.78, 5) is 23.1. The summed E-state index contributed by atoms with van der Waals surface area (Å²) < 4.78 is 5.62. The Balaban J connectivity index is 2.23. The summed E-state index contributed by atoms with van der Waals surface area (Å²) in [6, 6.07) is 6.59. The third-order valence-electron chi connectivity index (χ3n) is 2.94. The number of amides is 1. The Morgan fingerprint density at radius 3 is 2.95 bits per heavy atom. The van der Waals surface area contributed by atoms with E-state index in [1.807, 2.05) is 18.2 Å². The van der Waals surface area contributed by atoms with E-state index in [2.05, 4.69) is 5.32 Å². The average molecular weight is 259 g/mol. The van der Waals surface area contributed by atoms with Gasteiger partial charge in [-0.2, -0.15) is 0 Å². The predicted molar refractivity (Wildman–Crippen MR) is 72.2 cm³/mol. The molecule has 2 rings (SSSR count). The van der Waals surface area contributed by atoms with Crippen molar-refractivity contribution in [3.05, 3.63) is 42.0 Å². The molecule has 1 aromatic rings. The van der Waals surface area contributed by atoms with Crippen LogP contribution in [0.2, 0.25) is 0 Å². The number of para-hydroxylation sites is 1. The van der Waals surface area contributed by atoms with Crippen LogP contribution in [0.25, 0.3) is 0 Å². The van der Waals surface area contributed by atoms with Crippen molar-refractivity contribution >= 4 is 12.2 Å². The normalized spacial score (nSPS) is 21.9. The van der Waals surface area contributed by atoms with E-state index in [4.69, 9.17) is 4.74 Å². The minimum absolute atomic E-state index is 0.276. The van der Waals surface area contributed by atoms with Gasteiger partial charge in [0, 0.05) is 0 Å². The van der Waals surface area contributed by atoms with Gasteiger partial charge in [-0.05, 0) is 31.4 Å². The zero-order valence-corrected chi connectivity index (χ0v) is 10.7. The van der Waals surface area contributed by atoms with Gasteiger partial charge in [-0.3, -0.25) is 4.79 Å². The number of rotatable bonds is 1. The van der Waals surface area contributed by atoms with Crippen molar-refractivity contribution in [2.45, 2.75) is 25.3 Å². The molecule has 1 aromatic carbocycles. The highest BCUT2D eigenvalue weighted by molar-refractivity contribution is 5.98. The quantitative estimate of drug-likeness (QED) is 0.620. The van der Waals surface area contributed by atoms with Gasteiger partial charge < -0.3 is 14.8 Å². The average Bonchev–Trinajstić information content (AvgIpc) is 2.43. The second-order valence-electron chi connectivity index (χ2n) is 4.41. The SMILES string of the molecule is O=C[C@@H]1C/C=C\CCCOc2ccccc2C(=O)N1. The van der Waals surface area contributed by atoms with Crippen LogP contribution in [0.4, 0.5) is 0 Å². The molecule has 19 heavy (non-hydrogen) atoms. The van der Waals surface area contributed by atoms with Gasteiger partial charge in [0.05, 0.1) is 18.2 Å². The molecule has 100 valence electrons. The first kappa shape index (κ1) is 13.3. The van der Waals surface area contributed by atoms with E-state index in [0.717, 1.165) is 19.1 Å². The number of carbonyl (C=O) groups excluding carboxylic acids is 2. The van der Waals surface area contributed by atoms with E-state index in [-0.39, 0.29) is 5.91 Å². The van der Waals surface area contributed by atoms with Crippen molar-refractivity contribution in [1.29, 1.82) is 0 Å². The van der Waals surface area contributed by atoms with Gasteiger partial charge in [-0.25, -0.2) is 0 Å². The highest BCUT2D eigenvalue weighted by Gasteiger charge is 2.16. The number of fused-ring (bicyclic) bond motifs is 1. The van der Waals surface area contributed by atoms with E-state index in [1.54, 1.807) is 18.2 Å². The van der Waals surface area contributed by atoms with Gasteiger partial charge in [0.25, 0.3) is 5.91 Å². The maximum Gasteiger partial charge on any atom is 0.255 e. The maximum atomic E-state index is 12.1. The third-order valence-corrected chi connectivity index (χ3v) is 2.94. The second kappa shape index (κ2) is 6.73. The molecular formula is C15H17NO3. The largest absolute Gasteiger partial charge is 0.493 e. The number of allylic oxidation sites excluding steroid dienone is 1. The van der Waals surface area contributed by atoms with Crippen molar-refractivity contribution in [2.75, 3.05) is 6.61 Å². The summed E-state index contributed by atoms with van der Waals surface area (Å²) in [7, 11) is 0. The van der Waals surface area contributed by atoms with Crippen molar-refractivity contribution in [1.82, 2.24) is 5.32 Å². The number of aldehydes is 1. The molecule has 0 bridgehead atoms. The van der Waals surface area contributed by atoms with Crippen molar-refractivity contribution < 1.29 is 14.3 Å². The van der Waals surface area contributed by atoms with Gasteiger partial charge in [-0.15, -0.1) is 0 Å². The van der Waals surface area contributed by atoms with E-state index in [1.165, 1.54) is 0 Å². The first-order valence-corrected chi connectivity index (χ1v) is 6.44. The Bertz CT molecular complexity index is 482. The molecule has 1 amide bonds. The second-order valence-corrected chi connectivity index (χ2v) is 4.41. The van der Waals surface area contributed by atoms with Gasteiger partial charge in [0.15, 0.2) is 0 Å². The molecule has 0 unspecified atom stereocenters. The molecule has 1 aliphatic rings. The third kappa shape index (κ3) is 3.68. The molecule has 1 heterocycles. The van der Waals surface area contributed by atoms with Crippen molar-refractivity contribution in [3.63, 3.8) is 0 Å². The Morgan fingerprint density at radius 2 is 2.11 bits per heavy atom. The van der Waals surface area contributed by atoms with Gasteiger partial charge in [0.2, 0.25) is 0 Å². The van der Waals surface area contributed by atoms with Crippen LogP contribution in [0, 0.1) is 0 Å². The Kier molecular flexibility index (Phi) is 4.72. The summed E-state index contributed by atoms with van der Waals surface area (Å²) in [5.74, 6) is 0.288. The molecule has 4 heteroatoms. The smallest absolute Gasteiger partial charge is 0.255 e. The molecule has 0 saturated heterocycles. The lowest BCUT2D eigenvalue weighted by Crippen LogP contribution is -2.35. The Hall–Kier alpha value is -2.10. The molecule has 1 N–H and O–H groups in total. The first-order valence-electron chi connectivity index (χ1n) is 6.44. The van der Waals surface area contributed by atoms with Gasteiger partial charge in [-0.1, -0.05) is 24.3 Å². The zero-order chi connectivity index (χ0) is 13.5. The number of carbonyl (C=O) groups is 2. The summed E-state index contributed by atoms with van der Waals surface area (Å²) >= 11 is 0. The Morgan fingerprint density at radius 1 is 1.26 bits per heavy atom. The monoisotopic (exact) mass is 259 g/mol. The molecule has 0 aliphatic carbocycles. The molecule has 0 radical (unpaired) electrons. The minimum atomic E-state index is -0.490. The Labute approximate surface area is 112 Å². The van der Waals surface area contributed by atoms with E-state index < -0.39 is 6.04 Å². The molecule has 0 fully saturated rings. The number of ether oxygens (including phenoxy) is 1. The van der Waals surface area contributed by atoms with Crippen molar-refractivity contribution in [3.8, 4) is 5.75 Å². The number of hydrogen-bond donors (Lipinski definition) is 1. The van der Waals surface area contributed by atoms with E-state index in [0.29, 0.717) is 24.3 Å². The number of hydrogen-bond acceptors (Lipinski definition) is 3. The fourth-order valence-corrected chi connectivity index (χ4v) is 1.92. The lowest BCUT2D eigenvalue weighted by molar-refractivity contribution is -0.109. The first-order chi connectivity index (χ1) is 9.31. The fourth-order valence-electron chi connectivity index (χ4n) is 1.92. The predicted octanol–water partition coefficient (Wildman–Crippen LogP) is 2.10. The van der Waals surface area contributed by atoms with E-state index in [9.17, 15) is 9.59 Å². The van der Waals surface area contributed by atoms with Crippen LogP contribution >= 0.6 is 0 Å². The summed E-state index contributed by atoms with van der Waals surface area (Å²) in [5.41, 5.74) is 0.471. The van der Waals surface area contributed by atoms with Crippen LogP contribution in [0.5, 0.6) is 5.75 Å². The van der Waals surface area contributed by atoms with Crippen LogP contribution in [0.15, 0.2) is 36.4 Å². The molecule has 0 saturated carbocycles. The van der Waals surface area contributed by atoms with Crippen LogP contribution < -0.4 is 10.1 Å². The molecule has 1 atom stereocenters. The summed E-state index contributed by atoms with van der Waals surface area (Å²) in [6.07, 6.45) is 7.02. The van der Waals surface area contributed by atoms with E-state index >= 15 is 0 Å². The summed E-state index contributed by atoms with van der Waals surface area (Å²) in [6.45, 7) is 0.575. The van der Waals surface area contributed by atoms with Crippen molar-refractivity contribution in [2.24, 2.45) is 0 Å². The highest BCUT2D eigenvalue weighted by Crippen LogP contribution is 2.18. The van der Waals surface area contributed by atoms with Crippen LogP contribution in [-0.2, 0) is 4.79 Å². The number of benzene rings is 1. The topological polar surface area (TPSA) is 55.4 Å². The van der Waals surface area contributed by atoms with Gasteiger partial charge >= 0.3 is 0 Å². The van der Waals surface area contributed by atoms with Crippen LogP contribution in [-0.4, -0.2) is 24.8 Å². The lowest BCUT2D eigenvalue weighted by atomic mass is 10.1. The summed E-state index contributed by atoms with van der Waals surface area (Å²) in [5, 5.41) is 2.70. The molecular weight excluding hydrogens is 242 g/mol. The molecule has 1 aliphatic heterocycles. The fraction of sp³-hybridized carbons (Fsp3) is 0.333. The molecule has 0 aromatic heterocycles. The van der Waals surface area contributed by atoms with Crippen LogP contribution in [0.3, 0.4) is 0 Å². The maximum absolute atomic E-state index is 12.1. The van der Waals surface area contributed by atoms with Crippen LogP contribution in [0.1, 0.15) is 29.6 Å². The molecule has 4 nitrogen and oxygen atoms in total. The van der Waals surface area contributed by atoms with Gasteiger partial charge in [0.1, 0.15) is 12.0 Å². The zero-order valence-electron chi connectivity index (χ0n) is 10.7. The number of nitrogens with one attached hydrogen (secondary N) is 1. The molecule has 0 spiro atoms. The highest BCUT2D eigenvalue weighted by atomic mass is 16.5.